The molecule has 3 heterocycles. The summed E-state index contributed by atoms with van der Waals surface area (Å²) in [4.78, 5) is 14.1. The van der Waals surface area contributed by atoms with Crippen LogP contribution in [-0.2, 0) is 19.5 Å². The molecule has 0 bridgehead atoms. The van der Waals surface area contributed by atoms with Crippen molar-refractivity contribution in [1.82, 2.24) is 20.5 Å². The molecular weight excluding hydrogens is 338 g/mol. The van der Waals surface area contributed by atoms with Crippen molar-refractivity contribution in [2.75, 3.05) is 26.7 Å². The molecule has 0 atom stereocenters. The van der Waals surface area contributed by atoms with Crippen molar-refractivity contribution in [1.29, 1.82) is 0 Å². The van der Waals surface area contributed by atoms with Crippen LogP contribution in [-0.4, -0.2) is 42.5 Å². The smallest absolute Gasteiger partial charge is 0.191 e. The van der Waals surface area contributed by atoms with Gasteiger partial charge in [0.15, 0.2) is 5.96 Å². The number of aromatic nitrogens is 1. The summed E-state index contributed by atoms with van der Waals surface area (Å²) in [6.07, 6.45) is 1.18. The number of nitrogens with zero attached hydrogens (tertiary/aromatic N) is 3. The van der Waals surface area contributed by atoms with Crippen LogP contribution < -0.4 is 10.6 Å². The number of guanidine groups is 1. The van der Waals surface area contributed by atoms with Gasteiger partial charge in [-0.3, -0.25) is 9.89 Å². The Morgan fingerprint density at radius 1 is 1.38 bits per heavy atom. The Morgan fingerprint density at radius 3 is 3.00 bits per heavy atom. The SMILES string of the molecule is CN=C(NCCN1CCc2sccc2C1)NCc1sc(C)nc1C. The summed E-state index contributed by atoms with van der Waals surface area (Å²) < 4.78 is 0. The van der Waals surface area contributed by atoms with Gasteiger partial charge in [0.1, 0.15) is 0 Å². The molecule has 0 fully saturated rings. The van der Waals surface area contributed by atoms with E-state index in [2.05, 4.69) is 43.9 Å². The molecule has 0 aromatic carbocycles. The Hall–Kier alpha value is -1.44. The van der Waals surface area contributed by atoms with Crippen molar-refractivity contribution in [3.8, 4) is 0 Å². The zero-order valence-electron chi connectivity index (χ0n) is 14.6. The lowest BCUT2D eigenvalue weighted by Crippen LogP contribution is -2.42. The van der Waals surface area contributed by atoms with E-state index in [1.807, 2.05) is 25.3 Å². The highest BCUT2D eigenvalue weighted by Crippen LogP contribution is 2.23. The molecule has 0 saturated heterocycles. The van der Waals surface area contributed by atoms with Gasteiger partial charge in [0.05, 0.1) is 17.2 Å². The first kappa shape index (κ1) is 17.4. The van der Waals surface area contributed by atoms with E-state index in [-0.39, 0.29) is 0 Å². The van der Waals surface area contributed by atoms with Crippen LogP contribution in [0.15, 0.2) is 16.4 Å². The fourth-order valence-electron chi connectivity index (χ4n) is 2.95. The second-order valence-electron chi connectivity index (χ2n) is 5.99. The van der Waals surface area contributed by atoms with Crippen LogP contribution in [0.25, 0.3) is 0 Å². The van der Waals surface area contributed by atoms with Gasteiger partial charge in [-0.1, -0.05) is 0 Å². The summed E-state index contributed by atoms with van der Waals surface area (Å²) in [6, 6.07) is 2.26. The van der Waals surface area contributed by atoms with Gasteiger partial charge in [0.2, 0.25) is 0 Å². The molecule has 0 aliphatic carbocycles. The Morgan fingerprint density at radius 2 is 2.25 bits per heavy atom. The highest BCUT2D eigenvalue weighted by atomic mass is 32.1. The van der Waals surface area contributed by atoms with Crippen molar-refractivity contribution < 1.29 is 0 Å². The standard InChI is InChI=1S/C17H25N5S2/c1-12-16(24-13(2)21-12)10-20-17(18-3)19-6-8-22-7-4-15-14(11-22)5-9-23-15/h5,9H,4,6-8,10-11H2,1-3H3,(H2,18,19,20). The number of rotatable bonds is 5. The van der Waals surface area contributed by atoms with E-state index in [1.54, 1.807) is 16.2 Å². The number of thiophene rings is 1. The number of nitrogens with one attached hydrogen (secondary N) is 2. The van der Waals surface area contributed by atoms with Gasteiger partial charge in [-0.15, -0.1) is 22.7 Å². The second kappa shape index (κ2) is 8.09. The first-order chi connectivity index (χ1) is 11.7. The lowest BCUT2D eigenvalue weighted by atomic mass is 10.1. The van der Waals surface area contributed by atoms with Crippen LogP contribution in [0.5, 0.6) is 0 Å². The third kappa shape index (κ3) is 4.34. The van der Waals surface area contributed by atoms with Crippen LogP contribution >= 0.6 is 22.7 Å². The predicted molar refractivity (Wildman–Crippen MR) is 103 cm³/mol. The number of aliphatic imine (C=N–C) groups is 1. The van der Waals surface area contributed by atoms with Crippen LogP contribution in [0.1, 0.15) is 26.0 Å². The third-order valence-corrected chi connectivity index (χ3v) is 6.34. The van der Waals surface area contributed by atoms with Gasteiger partial charge < -0.3 is 10.6 Å². The lowest BCUT2D eigenvalue weighted by Gasteiger charge is -2.27. The molecule has 2 aromatic rings. The van der Waals surface area contributed by atoms with E-state index >= 15 is 0 Å². The fraction of sp³-hybridized carbons (Fsp3) is 0.529. The Kier molecular flexibility index (Phi) is 5.86. The summed E-state index contributed by atoms with van der Waals surface area (Å²) in [6.45, 7) is 9.05. The average Bonchev–Trinajstić information content (AvgIpc) is 3.16. The topological polar surface area (TPSA) is 52.6 Å². The van der Waals surface area contributed by atoms with Crippen molar-refractivity contribution in [3.05, 3.63) is 37.5 Å². The summed E-state index contributed by atoms with van der Waals surface area (Å²) in [7, 11) is 1.82. The summed E-state index contributed by atoms with van der Waals surface area (Å²) in [5.74, 6) is 0.855. The van der Waals surface area contributed by atoms with Crippen LogP contribution in [0.3, 0.4) is 0 Å². The van der Waals surface area contributed by atoms with Crippen molar-refractivity contribution in [3.63, 3.8) is 0 Å². The van der Waals surface area contributed by atoms with Crippen LogP contribution in [0, 0.1) is 13.8 Å². The number of hydrogen-bond acceptors (Lipinski definition) is 5. The van der Waals surface area contributed by atoms with E-state index in [4.69, 9.17) is 0 Å². The summed E-state index contributed by atoms with van der Waals surface area (Å²) in [5, 5.41) is 10.1. The molecule has 1 aliphatic rings. The Bertz CT molecular complexity index is 704. The molecule has 1 aliphatic heterocycles. The van der Waals surface area contributed by atoms with Crippen molar-refractivity contribution in [2.24, 2.45) is 4.99 Å². The second-order valence-corrected chi connectivity index (χ2v) is 8.28. The van der Waals surface area contributed by atoms with Crippen LogP contribution in [0.4, 0.5) is 0 Å². The molecule has 3 rings (SSSR count). The van der Waals surface area contributed by atoms with Gasteiger partial charge in [0, 0.05) is 43.0 Å². The normalized spacial score (nSPS) is 15.4. The molecule has 2 aromatic heterocycles. The predicted octanol–water partition coefficient (Wildman–Crippen LogP) is 2.54. The average molecular weight is 364 g/mol. The first-order valence-electron chi connectivity index (χ1n) is 8.30. The van der Waals surface area contributed by atoms with Gasteiger partial charge >= 0.3 is 0 Å². The monoisotopic (exact) mass is 363 g/mol. The van der Waals surface area contributed by atoms with E-state index in [0.29, 0.717) is 0 Å². The number of aryl methyl sites for hydroxylation is 2. The number of fused-ring (bicyclic) bond motifs is 1. The molecule has 0 amide bonds. The van der Waals surface area contributed by atoms with Gasteiger partial charge in [-0.2, -0.15) is 0 Å². The number of thiazole rings is 1. The molecule has 0 radical (unpaired) electrons. The van der Waals surface area contributed by atoms with E-state index in [1.165, 1.54) is 16.9 Å². The summed E-state index contributed by atoms with van der Waals surface area (Å²) in [5.41, 5.74) is 2.62. The molecular formula is C17H25N5S2. The molecule has 7 heteroatoms. The van der Waals surface area contributed by atoms with E-state index in [9.17, 15) is 0 Å². The van der Waals surface area contributed by atoms with Gasteiger partial charge in [-0.05, 0) is 37.3 Å². The molecule has 0 spiro atoms. The maximum atomic E-state index is 4.46. The maximum Gasteiger partial charge on any atom is 0.191 e. The maximum absolute atomic E-state index is 4.46. The van der Waals surface area contributed by atoms with Crippen molar-refractivity contribution in [2.45, 2.75) is 33.4 Å². The minimum Gasteiger partial charge on any atom is -0.355 e. The van der Waals surface area contributed by atoms with Crippen molar-refractivity contribution >= 4 is 28.6 Å². The highest BCUT2D eigenvalue weighted by Gasteiger charge is 2.16. The van der Waals surface area contributed by atoms with E-state index in [0.717, 1.165) is 49.4 Å². The highest BCUT2D eigenvalue weighted by molar-refractivity contribution is 7.11. The molecule has 0 saturated carbocycles. The Labute approximate surface area is 151 Å². The zero-order chi connectivity index (χ0) is 16.9. The number of hydrogen-bond donors (Lipinski definition) is 2. The molecule has 0 unspecified atom stereocenters. The zero-order valence-corrected chi connectivity index (χ0v) is 16.2. The Balaban J connectivity index is 1.41. The largest absolute Gasteiger partial charge is 0.355 e. The molecule has 5 nitrogen and oxygen atoms in total. The minimum atomic E-state index is 0.777. The third-order valence-electron chi connectivity index (χ3n) is 4.25. The lowest BCUT2D eigenvalue weighted by molar-refractivity contribution is 0.260. The van der Waals surface area contributed by atoms with Gasteiger partial charge in [-0.25, -0.2) is 4.98 Å². The quantitative estimate of drug-likeness (QED) is 0.633. The molecule has 24 heavy (non-hydrogen) atoms. The van der Waals surface area contributed by atoms with E-state index < -0.39 is 0 Å². The molecule has 130 valence electrons. The first-order valence-corrected chi connectivity index (χ1v) is 10.0. The van der Waals surface area contributed by atoms with Crippen LogP contribution in [0.2, 0.25) is 0 Å². The molecule has 2 N–H and O–H groups in total. The fourth-order valence-corrected chi connectivity index (χ4v) is 4.72. The summed E-state index contributed by atoms with van der Waals surface area (Å²) >= 11 is 3.64. The minimum absolute atomic E-state index is 0.777. The van der Waals surface area contributed by atoms with Gasteiger partial charge in [0.25, 0.3) is 0 Å².